The summed E-state index contributed by atoms with van der Waals surface area (Å²) >= 11 is 0. The number of likely N-dealkylation sites (tertiary alicyclic amines) is 1. The van der Waals surface area contributed by atoms with Crippen molar-refractivity contribution in [1.29, 1.82) is 0 Å². The van der Waals surface area contributed by atoms with E-state index in [1.54, 1.807) is 6.20 Å². The van der Waals surface area contributed by atoms with Gasteiger partial charge in [-0.3, -0.25) is 14.5 Å². The Balaban J connectivity index is 1.87. The summed E-state index contributed by atoms with van der Waals surface area (Å²) in [7, 11) is 0. The van der Waals surface area contributed by atoms with E-state index in [1.165, 1.54) is 0 Å². The van der Waals surface area contributed by atoms with Crippen LogP contribution in [0.1, 0.15) is 61.0 Å². The molecule has 2 saturated heterocycles. The van der Waals surface area contributed by atoms with Crippen LogP contribution >= 0.6 is 0 Å². The number of rotatable bonds is 6. The first-order chi connectivity index (χ1) is 14.0. The van der Waals surface area contributed by atoms with Crippen LogP contribution in [0, 0.1) is 6.92 Å². The van der Waals surface area contributed by atoms with Crippen molar-refractivity contribution in [2.24, 2.45) is 0 Å². The summed E-state index contributed by atoms with van der Waals surface area (Å²) in [6, 6.07) is -0.0371. The lowest BCUT2D eigenvalue weighted by atomic mass is 9.95. The molecule has 0 bridgehead atoms. The minimum absolute atomic E-state index is 0.0371. The Morgan fingerprint density at radius 3 is 2.59 bits per heavy atom. The van der Waals surface area contributed by atoms with Crippen LogP contribution < -0.4 is 0 Å². The molecule has 0 saturated carbocycles. The highest BCUT2D eigenvalue weighted by molar-refractivity contribution is 5.95. The van der Waals surface area contributed by atoms with Crippen molar-refractivity contribution < 1.29 is 14.3 Å². The number of piperidine rings is 1. The van der Waals surface area contributed by atoms with Crippen molar-refractivity contribution in [2.75, 3.05) is 52.5 Å². The van der Waals surface area contributed by atoms with Gasteiger partial charge in [0.25, 0.3) is 5.91 Å². The Morgan fingerprint density at radius 1 is 1.17 bits per heavy atom. The molecule has 0 radical (unpaired) electrons. The zero-order chi connectivity index (χ0) is 20.8. The van der Waals surface area contributed by atoms with Crippen molar-refractivity contribution in [3.05, 3.63) is 23.3 Å². The zero-order valence-electron chi connectivity index (χ0n) is 17.9. The number of amides is 2. The molecule has 8 heteroatoms. The molecule has 2 aliphatic rings. The number of hydrogen-bond donors (Lipinski definition) is 0. The predicted molar refractivity (Wildman–Crippen MR) is 110 cm³/mol. The van der Waals surface area contributed by atoms with E-state index in [-0.39, 0.29) is 17.9 Å². The van der Waals surface area contributed by atoms with E-state index in [9.17, 15) is 9.59 Å². The predicted octanol–water partition coefficient (Wildman–Crippen LogP) is 1.65. The van der Waals surface area contributed by atoms with Gasteiger partial charge in [0.2, 0.25) is 5.91 Å². The molecule has 3 rings (SSSR count). The first-order valence-corrected chi connectivity index (χ1v) is 10.8. The lowest BCUT2D eigenvalue weighted by Crippen LogP contribution is -2.45. The summed E-state index contributed by atoms with van der Waals surface area (Å²) in [6.07, 6.45) is 4.67. The van der Waals surface area contributed by atoms with E-state index in [0.717, 1.165) is 31.5 Å². The van der Waals surface area contributed by atoms with Gasteiger partial charge in [0.05, 0.1) is 37.1 Å². The second-order valence-corrected chi connectivity index (χ2v) is 7.67. The summed E-state index contributed by atoms with van der Waals surface area (Å²) in [4.78, 5) is 40.8. The molecular formula is C21H33N5O3. The fourth-order valence-corrected chi connectivity index (χ4v) is 4.18. The number of nitrogens with zero attached hydrogens (tertiary/aromatic N) is 5. The van der Waals surface area contributed by atoms with Crippen molar-refractivity contribution in [2.45, 2.75) is 46.1 Å². The molecular weight excluding hydrogens is 370 g/mol. The van der Waals surface area contributed by atoms with Crippen LogP contribution in [0.25, 0.3) is 0 Å². The Labute approximate surface area is 173 Å². The van der Waals surface area contributed by atoms with Gasteiger partial charge >= 0.3 is 0 Å². The lowest BCUT2D eigenvalue weighted by Gasteiger charge is -2.37. The smallest absolute Gasteiger partial charge is 0.257 e. The fraction of sp³-hybridized carbons (Fsp3) is 0.714. The maximum atomic E-state index is 13.2. The van der Waals surface area contributed by atoms with Gasteiger partial charge in [-0.15, -0.1) is 0 Å². The number of aryl methyl sites for hydroxylation is 1. The number of carbonyl (C=O) groups excluding carboxylic acids is 2. The van der Waals surface area contributed by atoms with Crippen molar-refractivity contribution >= 4 is 11.8 Å². The third kappa shape index (κ3) is 5.11. The van der Waals surface area contributed by atoms with Gasteiger partial charge in [-0.2, -0.15) is 0 Å². The van der Waals surface area contributed by atoms with Gasteiger partial charge in [-0.25, -0.2) is 9.97 Å². The van der Waals surface area contributed by atoms with Crippen molar-refractivity contribution in [3.8, 4) is 0 Å². The third-order valence-corrected chi connectivity index (χ3v) is 5.85. The highest BCUT2D eigenvalue weighted by atomic mass is 16.5. The Bertz CT molecular complexity index is 716. The van der Waals surface area contributed by atoms with Gasteiger partial charge in [0, 0.05) is 32.4 Å². The SMILES string of the molecule is CCN(CC)C(=O)CN1CCCCC1c1nc(C)ncc1C(=O)N1CCOCC1. The first kappa shape index (κ1) is 21.6. The van der Waals surface area contributed by atoms with Gasteiger partial charge in [-0.1, -0.05) is 6.42 Å². The average molecular weight is 404 g/mol. The zero-order valence-corrected chi connectivity index (χ0v) is 17.9. The van der Waals surface area contributed by atoms with E-state index in [0.29, 0.717) is 57.3 Å². The molecule has 0 aliphatic carbocycles. The van der Waals surface area contributed by atoms with Crippen LogP contribution in [0.15, 0.2) is 6.20 Å². The average Bonchev–Trinajstić information content (AvgIpc) is 2.75. The number of likely N-dealkylation sites (N-methyl/N-ethyl adjacent to an activating group) is 1. The molecule has 8 nitrogen and oxygen atoms in total. The second-order valence-electron chi connectivity index (χ2n) is 7.67. The molecule has 2 fully saturated rings. The van der Waals surface area contributed by atoms with Gasteiger partial charge in [-0.05, 0) is 40.2 Å². The van der Waals surface area contributed by atoms with E-state index in [4.69, 9.17) is 9.72 Å². The van der Waals surface area contributed by atoms with Crippen LogP contribution in [0.2, 0.25) is 0 Å². The number of aromatic nitrogens is 2. The Hall–Kier alpha value is -2.06. The van der Waals surface area contributed by atoms with E-state index in [2.05, 4.69) is 9.88 Å². The summed E-state index contributed by atoms with van der Waals surface area (Å²) < 4.78 is 5.38. The second kappa shape index (κ2) is 10.1. The van der Waals surface area contributed by atoms with E-state index >= 15 is 0 Å². The molecule has 1 atom stereocenters. The maximum Gasteiger partial charge on any atom is 0.257 e. The molecule has 2 aliphatic heterocycles. The largest absolute Gasteiger partial charge is 0.378 e. The highest BCUT2D eigenvalue weighted by Crippen LogP contribution is 2.32. The molecule has 1 unspecified atom stereocenters. The maximum absolute atomic E-state index is 13.2. The Kier molecular flexibility index (Phi) is 7.55. The van der Waals surface area contributed by atoms with Crippen molar-refractivity contribution in [1.82, 2.24) is 24.7 Å². The monoisotopic (exact) mass is 403 g/mol. The van der Waals surface area contributed by atoms with Gasteiger partial charge in [0.15, 0.2) is 0 Å². The molecule has 0 N–H and O–H groups in total. The first-order valence-electron chi connectivity index (χ1n) is 10.8. The molecule has 3 heterocycles. The molecule has 2 amide bonds. The highest BCUT2D eigenvalue weighted by Gasteiger charge is 2.32. The molecule has 0 spiro atoms. The van der Waals surface area contributed by atoms with Crippen LogP contribution in [0.4, 0.5) is 0 Å². The topological polar surface area (TPSA) is 78.9 Å². The fourth-order valence-electron chi connectivity index (χ4n) is 4.18. The summed E-state index contributed by atoms with van der Waals surface area (Å²) in [6.45, 7) is 10.8. The van der Waals surface area contributed by atoms with Crippen LogP contribution in [-0.2, 0) is 9.53 Å². The summed E-state index contributed by atoms with van der Waals surface area (Å²) in [5.41, 5.74) is 1.32. The van der Waals surface area contributed by atoms with E-state index in [1.807, 2.05) is 30.6 Å². The number of carbonyl (C=O) groups is 2. The summed E-state index contributed by atoms with van der Waals surface area (Å²) in [5, 5.41) is 0. The minimum Gasteiger partial charge on any atom is -0.378 e. The van der Waals surface area contributed by atoms with E-state index < -0.39 is 0 Å². The lowest BCUT2D eigenvalue weighted by molar-refractivity contribution is -0.133. The van der Waals surface area contributed by atoms with Crippen LogP contribution in [-0.4, -0.2) is 89.0 Å². The standard InChI is InChI=1S/C21H33N5O3/c1-4-24(5-2)19(27)15-26-9-7-6-8-18(26)20-17(14-22-16(3)23-20)21(28)25-10-12-29-13-11-25/h14,18H,4-13,15H2,1-3H3. The quantitative estimate of drug-likeness (QED) is 0.719. The molecule has 0 aromatic carbocycles. The summed E-state index contributed by atoms with van der Waals surface area (Å²) in [5.74, 6) is 0.747. The van der Waals surface area contributed by atoms with Crippen LogP contribution in [0.5, 0.6) is 0 Å². The molecule has 29 heavy (non-hydrogen) atoms. The molecule has 160 valence electrons. The van der Waals surface area contributed by atoms with Crippen LogP contribution in [0.3, 0.4) is 0 Å². The number of ether oxygens (including phenoxy) is 1. The Morgan fingerprint density at radius 2 is 1.90 bits per heavy atom. The normalized spacial score (nSPS) is 20.5. The van der Waals surface area contributed by atoms with Gasteiger partial charge in [0.1, 0.15) is 5.82 Å². The minimum atomic E-state index is -0.0381. The third-order valence-electron chi connectivity index (χ3n) is 5.85. The number of morpholine rings is 1. The molecule has 1 aromatic rings. The van der Waals surface area contributed by atoms with Crippen molar-refractivity contribution in [3.63, 3.8) is 0 Å². The molecule has 1 aromatic heterocycles. The van der Waals surface area contributed by atoms with Gasteiger partial charge < -0.3 is 14.5 Å². The number of hydrogen-bond acceptors (Lipinski definition) is 6.